The molecule has 10 nitrogen and oxygen atoms in total. The van der Waals surface area contributed by atoms with Crippen LogP contribution >= 0.6 is 0 Å². The van der Waals surface area contributed by atoms with Gasteiger partial charge in [-0.15, -0.1) is 0 Å². The Morgan fingerprint density at radius 1 is 1.15 bits per heavy atom. The van der Waals surface area contributed by atoms with Gasteiger partial charge < -0.3 is 30.5 Å². The minimum Gasteiger partial charge on any atom is -0.495 e. The second-order valence-electron chi connectivity index (χ2n) is 10.4. The van der Waals surface area contributed by atoms with Gasteiger partial charge in [0.1, 0.15) is 11.4 Å². The fourth-order valence-electron chi connectivity index (χ4n) is 5.57. The lowest BCUT2D eigenvalue weighted by molar-refractivity contribution is -0.140. The number of hydrogen-bond donors (Lipinski definition) is 3. The summed E-state index contributed by atoms with van der Waals surface area (Å²) in [6, 6.07) is 5.02. The maximum atomic E-state index is 14.9. The van der Waals surface area contributed by atoms with Crippen molar-refractivity contribution in [2.45, 2.75) is 63.0 Å². The number of rotatable bonds is 6. The molecule has 0 unspecified atom stereocenters. The fraction of sp³-hybridized carbons (Fsp3) is 0.556. The summed E-state index contributed by atoms with van der Waals surface area (Å²) in [5.74, 6) is -4.12. The van der Waals surface area contributed by atoms with Crippen molar-refractivity contribution in [2.75, 3.05) is 48.9 Å². The predicted octanol–water partition coefficient (Wildman–Crippen LogP) is 3.46. The molecule has 2 amide bonds. The highest BCUT2D eigenvalue weighted by molar-refractivity contribution is 6.02. The van der Waals surface area contributed by atoms with E-state index in [9.17, 15) is 18.4 Å². The van der Waals surface area contributed by atoms with Crippen molar-refractivity contribution < 1.29 is 23.1 Å². The molecule has 1 saturated carbocycles. The van der Waals surface area contributed by atoms with Gasteiger partial charge in [0, 0.05) is 24.7 Å². The zero-order valence-corrected chi connectivity index (χ0v) is 22.3. The molecule has 39 heavy (non-hydrogen) atoms. The van der Waals surface area contributed by atoms with E-state index in [1.165, 1.54) is 20.4 Å². The van der Waals surface area contributed by atoms with Crippen LogP contribution in [0.2, 0.25) is 0 Å². The third-order valence-electron chi connectivity index (χ3n) is 7.77. The molecule has 12 heteroatoms. The normalized spacial score (nSPS) is 20.3. The number of benzene rings is 1. The highest BCUT2D eigenvalue weighted by Crippen LogP contribution is 2.39. The Morgan fingerprint density at radius 3 is 2.62 bits per heavy atom. The first kappa shape index (κ1) is 27.0. The zero-order chi connectivity index (χ0) is 27.6. The molecule has 3 heterocycles. The van der Waals surface area contributed by atoms with Crippen LogP contribution in [0, 0.1) is 0 Å². The summed E-state index contributed by atoms with van der Waals surface area (Å²) < 4.78 is 35.4. The van der Waals surface area contributed by atoms with Crippen molar-refractivity contribution in [3.8, 4) is 5.75 Å². The fourth-order valence-corrected chi connectivity index (χ4v) is 5.57. The van der Waals surface area contributed by atoms with Gasteiger partial charge in [0.05, 0.1) is 25.5 Å². The predicted molar refractivity (Wildman–Crippen MR) is 144 cm³/mol. The van der Waals surface area contributed by atoms with E-state index in [-0.39, 0.29) is 29.6 Å². The molecule has 0 radical (unpaired) electrons. The summed E-state index contributed by atoms with van der Waals surface area (Å²) in [7, 11) is 2.83. The first-order chi connectivity index (χ1) is 18.8. The van der Waals surface area contributed by atoms with Gasteiger partial charge in [0.15, 0.2) is 5.82 Å². The number of carbonyl (C=O) groups excluding carboxylic acids is 2. The van der Waals surface area contributed by atoms with E-state index in [0.29, 0.717) is 22.8 Å². The number of ether oxygens (including phenoxy) is 1. The number of nitrogens with zero attached hydrogens (tertiary/aromatic N) is 4. The number of nitrogens with one attached hydrogen (secondary N) is 3. The number of methoxy groups -OCH3 is 1. The number of aromatic nitrogens is 2. The number of amides is 2. The number of halogens is 2. The average molecular weight is 544 g/mol. The van der Waals surface area contributed by atoms with E-state index in [0.717, 1.165) is 62.9 Å². The van der Waals surface area contributed by atoms with Crippen LogP contribution in [0.3, 0.4) is 0 Å². The van der Waals surface area contributed by atoms with Gasteiger partial charge >= 0.3 is 5.92 Å². The van der Waals surface area contributed by atoms with Gasteiger partial charge in [-0.3, -0.25) is 9.59 Å². The summed E-state index contributed by atoms with van der Waals surface area (Å²) in [4.78, 5) is 36.8. The Morgan fingerprint density at radius 2 is 1.90 bits per heavy atom. The molecule has 3 aliphatic rings. The molecular weight excluding hydrogens is 508 g/mol. The molecule has 2 aliphatic heterocycles. The Balaban J connectivity index is 1.41. The first-order valence-corrected chi connectivity index (χ1v) is 13.5. The molecule has 210 valence electrons. The van der Waals surface area contributed by atoms with E-state index in [1.54, 1.807) is 23.1 Å². The van der Waals surface area contributed by atoms with Crippen LogP contribution in [0.5, 0.6) is 5.75 Å². The van der Waals surface area contributed by atoms with Crippen molar-refractivity contribution in [3.05, 3.63) is 30.0 Å². The van der Waals surface area contributed by atoms with Crippen LogP contribution in [-0.2, 0) is 4.79 Å². The van der Waals surface area contributed by atoms with Gasteiger partial charge in [-0.2, -0.15) is 13.8 Å². The molecule has 0 bridgehead atoms. The van der Waals surface area contributed by atoms with Gasteiger partial charge in [0.2, 0.25) is 5.95 Å². The summed E-state index contributed by atoms with van der Waals surface area (Å²) in [6.45, 7) is 1.02. The second kappa shape index (κ2) is 11.3. The van der Waals surface area contributed by atoms with Gasteiger partial charge in [-0.05, 0) is 57.0 Å². The summed E-state index contributed by atoms with van der Waals surface area (Å²) in [5.41, 5.74) is 1.22. The van der Waals surface area contributed by atoms with Gasteiger partial charge in [0.25, 0.3) is 11.8 Å². The molecular formula is C27H35F2N7O3. The summed E-state index contributed by atoms with van der Waals surface area (Å²) in [6.07, 6.45) is 7.62. The number of anilines is 4. The van der Waals surface area contributed by atoms with E-state index < -0.39 is 18.4 Å². The number of alkyl halides is 2. The van der Waals surface area contributed by atoms with Crippen molar-refractivity contribution in [1.29, 1.82) is 0 Å². The van der Waals surface area contributed by atoms with E-state index in [1.807, 2.05) is 0 Å². The summed E-state index contributed by atoms with van der Waals surface area (Å²) in [5, 5.41) is 9.45. The Bertz CT molecular complexity index is 1220. The van der Waals surface area contributed by atoms with Crippen molar-refractivity contribution in [3.63, 3.8) is 0 Å². The largest absolute Gasteiger partial charge is 0.495 e. The van der Waals surface area contributed by atoms with E-state index >= 15 is 0 Å². The van der Waals surface area contributed by atoms with Crippen LogP contribution in [0.4, 0.5) is 31.9 Å². The number of carbonyl (C=O) groups is 2. The Labute approximate surface area is 226 Å². The monoisotopic (exact) mass is 543 g/mol. The molecule has 1 aliphatic carbocycles. The van der Waals surface area contributed by atoms with Crippen LogP contribution < -0.4 is 30.5 Å². The number of hydrogen-bond acceptors (Lipinski definition) is 8. The molecule has 2 aromatic rings. The third kappa shape index (κ3) is 5.75. The molecule has 0 atom stereocenters. The first-order valence-electron chi connectivity index (χ1n) is 13.5. The molecule has 5 rings (SSSR count). The molecule has 3 N–H and O–H groups in total. The minimum absolute atomic E-state index is 0.125. The highest BCUT2D eigenvalue weighted by atomic mass is 19.3. The number of piperidine rings is 1. The number of fused-ring (bicyclic) bond motifs is 1. The zero-order valence-electron chi connectivity index (χ0n) is 22.3. The van der Waals surface area contributed by atoms with Crippen molar-refractivity contribution in [1.82, 2.24) is 20.6 Å². The van der Waals surface area contributed by atoms with Crippen LogP contribution in [0.25, 0.3) is 0 Å². The maximum Gasteiger partial charge on any atom is 0.342 e. The van der Waals surface area contributed by atoms with Gasteiger partial charge in [-0.1, -0.05) is 19.3 Å². The molecule has 2 fully saturated rings. The van der Waals surface area contributed by atoms with Crippen LogP contribution in [-0.4, -0.2) is 73.6 Å². The SMILES string of the molecule is COc1cc(C(=O)NC2CCNCC2)ccc1Nc1ncc2c(n1)N(C1CCCCC1)CC(F)(F)C(=O)N2C. The van der Waals surface area contributed by atoms with E-state index in [4.69, 9.17) is 4.74 Å². The topological polar surface area (TPSA) is 112 Å². The maximum absolute atomic E-state index is 14.9. The lowest BCUT2D eigenvalue weighted by Gasteiger charge is -2.35. The highest BCUT2D eigenvalue weighted by Gasteiger charge is 2.48. The standard InChI is InChI=1S/C27H35F2N7O3/c1-35-21-15-31-26(34-23(21)36(16-27(28,29)25(35)38)19-6-4-3-5-7-19)33-20-9-8-17(14-22(20)39-2)24(37)32-18-10-12-30-13-11-18/h8-9,14-15,18-19,30H,3-7,10-13,16H2,1-2H3,(H,32,37)(H,31,33,34). The Kier molecular flexibility index (Phi) is 7.83. The second-order valence-corrected chi connectivity index (χ2v) is 10.4. The van der Waals surface area contributed by atoms with Gasteiger partial charge in [-0.25, -0.2) is 4.98 Å². The average Bonchev–Trinajstić information content (AvgIpc) is 3.03. The molecule has 1 aromatic carbocycles. The molecule has 1 aromatic heterocycles. The quantitative estimate of drug-likeness (QED) is 0.508. The lowest BCUT2D eigenvalue weighted by Crippen LogP contribution is -2.49. The van der Waals surface area contributed by atoms with Crippen molar-refractivity contribution >= 4 is 35.0 Å². The van der Waals surface area contributed by atoms with Crippen LogP contribution in [0.15, 0.2) is 24.4 Å². The van der Waals surface area contributed by atoms with Crippen LogP contribution in [0.1, 0.15) is 55.3 Å². The molecule has 0 spiro atoms. The lowest BCUT2D eigenvalue weighted by atomic mass is 9.94. The smallest absolute Gasteiger partial charge is 0.342 e. The minimum atomic E-state index is -3.55. The third-order valence-corrected chi connectivity index (χ3v) is 7.77. The molecule has 1 saturated heterocycles. The Hall–Kier alpha value is -3.54. The van der Waals surface area contributed by atoms with Crippen molar-refractivity contribution in [2.24, 2.45) is 0 Å². The summed E-state index contributed by atoms with van der Waals surface area (Å²) >= 11 is 0. The van der Waals surface area contributed by atoms with E-state index in [2.05, 4.69) is 25.9 Å².